The van der Waals surface area contributed by atoms with E-state index in [0.717, 1.165) is 5.69 Å². The lowest BCUT2D eigenvalue weighted by molar-refractivity contribution is 0.0953. The lowest BCUT2D eigenvalue weighted by Gasteiger charge is -1.96. The molecule has 0 atom stereocenters. The molecule has 2 heterocycles. The quantitative estimate of drug-likeness (QED) is 0.446. The first-order valence-corrected chi connectivity index (χ1v) is 4.77. The highest BCUT2D eigenvalue weighted by atomic mass is 16.3. The molecule has 0 saturated carbocycles. The molecule has 2 aromatic rings. The largest absolute Gasteiger partial charge is 0.467 e. The molecule has 0 aliphatic rings. The number of aryl methyl sites for hydroxylation is 1. The van der Waals surface area contributed by atoms with Gasteiger partial charge >= 0.3 is 0 Å². The van der Waals surface area contributed by atoms with Crippen LogP contribution in [-0.2, 0) is 6.54 Å². The molecule has 1 amide bonds. The molecule has 0 unspecified atom stereocenters. The minimum Gasteiger partial charge on any atom is -0.467 e. The summed E-state index contributed by atoms with van der Waals surface area (Å²) in [6.45, 7) is 2.40. The molecule has 6 heteroatoms. The van der Waals surface area contributed by atoms with Crippen LogP contribution in [0.4, 0.5) is 0 Å². The highest BCUT2D eigenvalue weighted by Gasteiger charge is 2.09. The summed E-state index contributed by atoms with van der Waals surface area (Å²) < 4.78 is 6.96. The fraction of sp³-hybridized carbons (Fsp3) is 0.200. The van der Waals surface area contributed by atoms with Crippen LogP contribution < -0.4 is 11.3 Å². The van der Waals surface area contributed by atoms with Crippen LogP contribution in [0.5, 0.6) is 0 Å². The third kappa shape index (κ3) is 2.12. The van der Waals surface area contributed by atoms with Crippen molar-refractivity contribution in [2.75, 3.05) is 0 Å². The molecule has 6 nitrogen and oxygen atoms in total. The number of nitrogens with two attached hydrogens (primary N) is 1. The Kier molecular flexibility index (Phi) is 2.74. The summed E-state index contributed by atoms with van der Waals surface area (Å²) in [6, 6.07) is 3.54. The van der Waals surface area contributed by atoms with Crippen LogP contribution in [0.25, 0.3) is 0 Å². The third-order valence-electron chi connectivity index (χ3n) is 2.14. The highest BCUT2D eigenvalue weighted by molar-refractivity contribution is 5.93. The number of aromatic nitrogens is 2. The van der Waals surface area contributed by atoms with Crippen LogP contribution in [0.15, 0.2) is 29.0 Å². The number of furan rings is 1. The maximum absolute atomic E-state index is 11.2. The maximum atomic E-state index is 11.2. The molecule has 0 aromatic carbocycles. The molecule has 0 saturated heterocycles. The Balaban J connectivity index is 2.11. The molecule has 84 valence electrons. The molecule has 0 radical (unpaired) electrons. The Morgan fingerprint density at radius 2 is 2.50 bits per heavy atom. The van der Waals surface area contributed by atoms with E-state index in [1.807, 2.05) is 24.6 Å². The molecule has 16 heavy (non-hydrogen) atoms. The van der Waals surface area contributed by atoms with Crippen LogP contribution in [0, 0.1) is 6.92 Å². The van der Waals surface area contributed by atoms with Crippen LogP contribution in [0.3, 0.4) is 0 Å². The van der Waals surface area contributed by atoms with Crippen LogP contribution in [0.1, 0.15) is 21.8 Å². The van der Waals surface area contributed by atoms with Crippen molar-refractivity contribution in [2.45, 2.75) is 13.5 Å². The summed E-state index contributed by atoms with van der Waals surface area (Å²) in [5.41, 5.74) is 3.38. The number of amides is 1. The molecular formula is C10H12N4O2. The van der Waals surface area contributed by atoms with Gasteiger partial charge in [0.05, 0.1) is 17.8 Å². The van der Waals surface area contributed by atoms with Crippen molar-refractivity contribution >= 4 is 5.91 Å². The third-order valence-corrected chi connectivity index (χ3v) is 2.14. The number of carbonyl (C=O) groups excluding carboxylic acids is 1. The van der Waals surface area contributed by atoms with Gasteiger partial charge in [-0.2, -0.15) is 5.10 Å². The molecule has 2 rings (SSSR count). The smallest absolute Gasteiger partial charge is 0.268 e. The number of nitrogens with zero attached hydrogens (tertiary/aromatic N) is 2. The highest BCUT2D eigenvalue weighted by Crippen LogP contribution is 2.09. The van der Waals surface area contributed by atoms with Crippen molar-refractivity contribution in [3.63, 3.8) is 0 Å². The van der Waals surface area contributed by atoms with Crippen molar-refractivity contribution in [2.24, 2.45) is 5.84 Å². The zero-order valence-corrected chi connectivity index (χ0v) is 8.80. The summed E-state index contributed by atoms with van der Waals surface area (Å²) in [6.07, 6.45) is 3.22. The summed E-state index contributed by atoms with van der Waals surface area (Å²) in [5.74, 6) is 5.30. The van der Waals surface area contributed by atoms with E-state index in [2.05, 4.69) is 5.10 Å². The van der Waals surface area contributed by atoms with Gasteiger partial charge < -0.3 is 4.42 Å². The molecule has 0 aliphatic carbocycles. The van der Waals surface area contributed by atoms with Gasteiger partial charge in [0.15, 0.2) is 0 Å². The summed E-state index contributed by atoms with van der Waals surface area (Å²) in [7, 11) is 0. The fourth-order valence-electron chi connectivity index (χ4n) is 1.38. The zero-order valence-electron chi connectivity index (χ0n) is 8.80. The van der Waals surface area contributed by atoms with E-state index in [9.17, 15) is 4.79 Å². The van der Waals surface area contributed by atoms with Crippen molar-refractivity contribution in [3.8, 4) is 0 Å². The van der Waals surface area contributed by atoms with Crippen LogP contribution >= 0.6 is 0 Å². The Morgan fingerprint density at radius 3 is 3.12 bits per heavy atom. The second-order valence-electron chi connectivity index (χ2n) is 3.43. The summed E-state index contributed by atoms with van der Waals surface area (Å²) in [4.78, 5) is 11.2. The second kappa shape index (κ2) is 4.19. The SMILES string of the molecule is Cc1ccn(Cc2cc(C(=O)NN)co2)n1. The lowest BCUT2D eigenvalue weighted by atomic mass is 10.3. The predicted molar refractivity (Wildman–Crippen MR) is 56.4 cm³/mol. The molecule has 0 fully saturated rings. The standard InChI is InChI=1S/C10H12N4O2/c1-7-2-3-14(13-7)5-9-4-8(6-16-9)10(15)12-11/h2-4,6H,5,11H2,1H3,(H,12,15). The van der Waals surface area contributed by atoms with Crippen molar-refractivity contribution in [3.05, 3.63) is 41.6 Å². The van der Waals surface area contributed by atoms with Gasteiger partial charge in [0.2, 0.25) is 0 Å². The van der Waals surface area contributed by atoms with Crippen molar-refractivity contribution in [1.29, 1.82) is 0 Å². The lowest BCUT2D eigenvalue weighted by Crippen LogP contribution is -2.29. The maximum Gasteiger partial charge on any atom is 0.268 e. The molecule has 3 N–H and O–H groups in total. The van der Waals surface area contributed by atoms with E-state index in [0.29, 0.717) is 17.9 Å². The van der Waals surface area contributed by atoms with Crippen molar-refractivity contribution in [1.82, 2.24) is 15.2 Å². The Morgan fingerprint density at radius 1 is 1.69 bits per heavy atom. The van der Waals surface area contributed by atoms with E-state index >= 15 is 0 Å². The van der Waals surface area contributed by atoms with Gasteiger partial charge in [-0.3, -0.25) is 14.9 Å². The summed E-state index contributed by atoms with van der Waals surface area (Å²) >= 11 is 0. The number of rotatable bonds is 3. The first-order valence-electron chi connectivity index (χ1n) is 4.77. The van der Waals surface area contributed by atoms with Gasteiger partial charge in [0.1, 0.15) is 12.0 Å². The normalized spacial score (nSPS) is 10.4. The number of hydrazine groups is 1. The topological polar surface area (TPSA) is 86.1 Å². The van der Waals surface area contributed by atoms with E-state index in [1.165, 1.54) is 6.26 Å². The average Bonchev–Trinajstić information content (AvgIpc) is 2.87. The second-order valence-corrected chi connectivity index (χ2v) is 3.43. The Hall–Kier alpha value is -2.08. The average molecular weight is 220 g/mol. The number of hydrogen-bond donors (Lipinski definition) is 2. The number of nitrogen functional groups attached to an aromatic ring is 1. The van der Waals surface area contributed by atoms with Crippen LogP contribution in [0.2, 0.25) is 0 Å². The van der Waals surface area contributed by atoms with Gasteiger partial charge in [-0.05, 0) is 19.1 Å². The summed E-state index contributed by atoms with van der Waals surface area (Å²) in [5, 5.41) is 4.21. The minimum absolute atomic E-state index is 0.369. The fourth-order valence-corrected chi connectivity index (χ4v) is 1.38. The molecule has 0 bridgehead atoms. The zero-order chi connectivity index (χ0) is 11.5. The first kappa shape index (κ1) is 10.4. The van der Waals surface area contributed by atoms with Gasteiger partial charge in [-0.15, -0.1) is 0 Å². The first-order chi connectivity index (χ1) is 7.69. The van der Waals surface area contributed by atoms with Crippen molar-refractivity contribution < 1.29 is 9.21 Å². The number of hydrogen-bond acceptors (Lipinski definition) is 4. The molecule has 0 spiro atoms. The van der Waals surface area contributed by atoms with E-state index in [4.69, 9.17) is 10.3 Å². The van der Waals surface area contributed by atoms with Crippen LogP contribution in [-0.4, -0.2) is 15.7 Å². The molecule has 0 aliphatic heterocycles. The molecule has 2 aromatic heterocycles. The van der Waals surface area contributed by atoms with Gasteiger partial charge in [0, 0.05) is 6.20 Å². The Labute approximate surface area is 92.0 Å². The number of nitrogens with one attached hydrogen (secondary N) is 1. The monoisotopic (exact) mass is 220 g/mol. The van der Waals surface area contributed by atoms with E-state index in [1.54, 1.807) is 10.7 Å². The van der Waals surface area contributed by atoms with Gasteiger partial charge in [0.25, 0.3) is 5.91 Å². The minimum atomic E-state index is -0.369. The predicted octanol–water partition coefficient (Wildman–Crippen LogP) is 0.436. The Bertz CT molecular complexity index is 500. The number of carbonyl (C=O) groups is 1. The van der Waals surface area contributed by atoms with Gasteiger partial charge in [-0.25, -0.2) is 5.84 Å². The molecular weight excluding hydrogens is 208 g/mol. The van der Waals surface area contributed by atoms with E-state index < -0.39 is 0 Å². The van der Waals surface area contributed by atoms with E-state index in [-0.39, 0.29) is 5.91 Å². The van der Waals surface area contributed by atoms with Gasteiger partial charge in [-0.1, -0.05) is 0 Å².